The number of pyridine rings is 1. The Hall–Kier alpha value is -2.73. The first-order chi connectivity index (χ1) is 11.9. The van der Waals surface area contributed by atoms with Gasteiger partial charge >= 0.3 is 5.69 Å². The van der Waals surface area contributed by atoms with Gasteiger partial charge in [-0.1, -0.05) is 0 Å². The summed E-state index contributed by atoms with van der Waals surface area (Å²) in [5, 5.41) is 38.3. The fourth-order valence-electron chi connectivity index (χ4n) is 2.46. The largest absolute Gasteiger partial charge is 0.394 e. The summed E-state index contributed by atoms with van der Waals surface area (Å²) < 4.78 is 1.26. The molecule has 3 rings (SSSR count). The normalized spacial score (nSPS) is 15.4. The lowest BCUT2D eigenvalue weighted by Crippen LogP contribution is -2.42. The van der Waals surface area contributed by atoms with E-state index < -0.39 is 36.2 Å². The molecule has 25 heavy (non-hydrogen) atoms. The molecule has 2 aliphatic heterocycles. The number of H-pyrrole nitrogens is 1. The summed E-state index contributed by atoms with van der Waals surface area (Å²) in [4.78, 5) is 37.5. The van der Waals surface area contributed by atoms with Gasteiger partial charge < -0.3 is 25.0 Å². The highest BCUT2D eigenvalue weighted by atomic mass is 16.4. The van der Waals surface area contributed by atoms with Crippen molar-refractivity contribution in [2.24, 2.45) is 0 Å². The Kier molecular flexibility index (Phi) is 4.55. The molecule has 0 saturated heterocycles. The Morgan fingerprint density at radius 3 is 2.64 bits per heavy atom. The van der Waals surface area contributed by atoms with Crippen LogP contribution in [0.3, 0.4) is 0 Å². The van der Waals surface area contributed by atoms with Gasteiger partial charge in [0.1, 0.15) is 23.8 Å². The molecule has 2 aliphatic rings. The summed E-state index contributed by atoms with van der Waals surface area (Å²) in [5.74, 6) is -0.121. The van der Waals surface area contributed by atoms with Gasteiger partial charge in [-0.25, -0.2) is 14.8 Å². The Morgan fingerprint density at radius 1 is 1.16 bits per heavy atom. The average molecular weight is 349 g/mol. The van der Waals surface area contributed by atoms with Crippen LogP contribution in [0.4, 0.5) is 0 Å². The molecule has 0 fully saturated rings. The van der Waals surface area contributed by atoms with Gasteiger partial charge in [0.2, 0.25) is 0 Å². The lowest BCUT2D eigenvalue weighted by atomic mass is 10.1. The van der Waals surface area contributed by atoms with E-state index in [4.69, 9.17) is 5.11 Å². The molecule has 0 unspecified atom stereocenters. The topological polar surface area (TPSA) is 174 Å². The number of aromatic amines is 1. The van der Waals surface area contributed by atoms with E-state index in [1.165, 1.54) is 10.8 Å². The molecular weight excluding hydrogens is 334 g/mol. The van der Waals surface area contributed by atoms with Crippen molar-refractivity contribution in [1.29, 1.82) is 0 Å². The number of aliphatic hydroxyl groups is 4. The van der Waals surface area contributed by atoms with Crippen molar-refractivity contribution in [3.05, 3.63) is 39.2 Å². The average Bonchev–Trinajstić information content (AvgIpc) is 2.60. The lowest BCUT2D eigenvalue weighted by Gasteiger charge is -2.24. The maximum Gasteiger partial charge on any atom is 0.349 e. The molecule has 1 aromatic heterocycles. The number of rotatable bonds is 5. The van der Waals surface area contributed by atoms with E-state index in [0.29, 0.717) is 5.52 Å². The first kappa shape index (κ1) is 17.1. The zero-order chi connectivity index (χ0) is 18.1. The molecule has 11 heteroatoms. The highest BCUT2D eigenvalue weighted by Crippen LogP contribution is 2.19. The number of aliphatic hydroxyl groups excluding tert-OH is 4. The molecule has 0 saturated carbocycles. The molecule has 0 radical (unpaired) electrons. The first-order valence-corrected chi connectivity index (χ1v) is 7.33. The predicted molar refractivity (Wildman–Crippen MR) is 83.9 cm³/mol. The Morgan fingerprint density at radius 2 is 1.92 bits per heavy atom. The standard InChI is InChI=1S/C14H15N5O6/c20-5-8(22)10(23)7(21)4-19-11-6(2-1-3-15-11)16-9-12(19)17-14(25)18-13(9)24/h1-3,7-8,10,20-23H,4-5H2,(H,18,24,25)/t7-,8-,10+/m0/s1. The van der Waals surface area contributed by atoms with Gasteiger partial charge in [0, 0.05) is 6.20 Å². The van der Waals surface area contributed by atoms with Crippen molar-refractivity contribution < 1.29 is 20.4 Å². The zero-order valence-corrected chi connectivity index (χ0v) is 12.8. The minimum absolute atomic E-state index is 0.121. The minimum atomic E-state index is -1.66. The van der Waals surface area contributed by atoms with Crippen LogP contribution in [0, 0.1) is 0 Å². The van der Waals surface area contributed by atoms with E-state index in [1.54, 1.807) is 12.1 Å². The van der Waals surface area contributed by atoms with E-state index in [9.17, 15) is 24.9 Å². The summed E-state index contributed by atoms with van der Waals surface area (Å²) in [5.41, 5.74) is -1.25. The lowest BCUT2D eigenvalue weighted by molar-refractivity contribution is -0.0803. The van der Waals surface area contributed by atoms with Crippen LogP contribution >= 0.6 is 0 Å². The molecule has 1 aromatic rings. The Bertz CT molecular complexity index is 985. The van der Waals surface area contributed by atoms with E-state index >= 15 is 0 Å². The van der Waals surface area contributed by atoms with Crippen molar-refractivity contribution in [2.75, 3.05) is 6.61 Å². The van der Waals surface area contributed by atoms with Crippen LogP contribution in [0.15, 0.2) is 27.9 Å². The number of hydrogen-bond acceptors (Lipinski definition) is 9. The van der Waals surface area contributed by atoms with Gasteiger partial charge in [-0.2, -0.15) is 4.98 Å². The number of nitrogens with zero attached hydrogens (tertiary/aromatic N) is 4. The van der Waals surface area contributed by atoms with Gasteiger partial charge in [0.05, 0.1) is 13.2 Å². The predicted octanol–water partition coefficient (Wildman–Crippen LogP) is -2.95. The van der Waals surface area contributed by atoms with E-state index in [0.717, 1.165) is 0 Å². The smallest absolute Gasteiger partial charge is 0.349 e. The Balaban J connectivity index is 2.20. The molecule has 0 amide bonds. The second kappa shape index (κ2) is 6.64. The third-order valence-corrected chi connectivity index (χ3v) is 3.71. The minimum Gasteiger partial charge on any atom is -0.394 e. The van der Waals surface area contributed by atoms with Gasteiger partial charge in [-0.05, 0) is 12.1 Å². The monoisotopic (exact) mass is 349 g/mol. The van der Waals surface area contributed by atoms with Gasteiger partial charge in [0.25, 0.3) is 5.56 Å². The van der Waals surface area contributed by atoms with Crippen LogP contribution in [0.5, 0.6) is 0 Å². The molecule has 0 bridgehead atoms. The van der Waals surface area contributed by atoms with Crippen LogP contribution < -0.4 is 11.2 Å². The van der Waals surface area contributed by atoms with Crippen LogP contribution in [0.1, 0.15) is 0 Å². The summed E-state index contributed by atoms with van der Waals surface area (Å²) >= 11 is 0. The first-order valence-electron chi connectivity index (χ1n) is 7.33. The van der Waals surface area contributed by atoms with Crippen molar-refractivity contribution in [2.45, 2.75) is 24.9 Å². The van der Waals surface area contributed by atoms with Crippen LogP contribution in [0.25, 0.3) is 22.7 Å². The number of hydrogen-bond donors (Lipinski definition) is 5. The van der Waals surface area contributed by atoms with Gasteiger partial charge in [0.15, 0.2) is 17.2 Å². The van der Waals surface area contributed by atoms with Crippen molar-refractivity contribution >= 4 is 11.2 Å². The maximum atomic E-state index is 12.0. The van der Waals surface area contributed by atoms with Crippen molar-refractivity contribution in [3.8, 4) is 11.5 Å². The number of nitrogens with one attached hydrogen (secondary N) is 1. The van der Waals surface area contributed by atoms with Crippen LogP contribution in [-0.2, 0) is 6.54 Å². The second-order valence-electron chi connectivity index (χ2n) is 5.42. The van der Waals surface area contributed by atoms with Gasteiger partial charge in [-0.3, -0.25) is 9.78 Å². The van der Waals surface area contributed by atoms with E-state index in [2.05, 4.69) is 15.0 Å². The maximum absolute atomic E-state index is 12.0. The molecular formula is C14H15N5O6. The second-order valence-corrected chi connectivity index (χ2v) is 5.42. The van der Waals surface area contributed by atoms with Gasteiger partial charge in [-0.15, -0.1) is 0 Å². The summed E-state index contributed by atoms with van der Waals surface area (Å²) in [7, 11) is 0. The summed E-state index contributed by atoms with van der Waals surface area (Å²) in [6, 6.07) is 3.17. The molecule has 132 valence electrons. The highest BCUT2D eigenvalue weighted by Gasteiger charge is 2.27. The van der Waals surface area contributed by atoms with E-state index in [-0.39, 0.29) is 23.7 Å². The zero-order valence-electron chi connectivity index (χ0n) is 12.8. The fraction of sp³-hybridized carbons (Fsp3) is 0.357. The molecule has 0 spiro atoms. The molecule has 0 aliphatic carbocycles. The third-order valence-electron chi connectivity index (χ3n) is 3.71. The molecule has 11 nitrogen and oxygen atoms in total. The SMILES string of the molecule is O=c1nc2n(C[C@H](O)[C@@H](O)[C@@H](O)CO)c3ncccc3nc-2c(=O)[nH]1. The number of aromatic nitrogens is 5. The van der Waals surface area contributed by atoms with Crippen molar-refractivity contribution in [1.82, 2.24) is 24.5 Å². The summed E-state index contributed by atoms with van der Waals surface area (Å²) in [6.45, 7) is -1.09. The van der Waals surface area contributed by atoms with Crippen LogP contribution in [0.2, 0.25) is 0 Å². The highest BCUT2D eigenvalue weighted by molar-refractivity contribution is 5.75. The third kappa shape index (κ3) is 3.13. The molecule has 3 atom stereocenters. The molecule has 5 N–H and O–H groups in total. The quantitative estimate of drug-likeness (QED) is 0.302. The summed E-state index contributed by atoms with van der Waals surface area (Å²) in [6.07, 6.45) is -3.30. The molecule has 0 aromatic carbocycles. The van der Waals surface area contributed by atoms with E-state index in [1.807, 2.05) is 4.98 Å². The van der Waals surface area contributed by atoms with Crippen LogP contribution in [-0.4, -0.2) is 69.8 Å². The fourth-order valence-corrected chi connectivity index (χ4v) is 2.46. The van der Waals surface area contributed by atoms with Crippen molar-refractivity contribution in [3.63, 3.8) is 0 Å². The molecule has 3 heterocycles. The Labute approximate surface area is 139 Å². The number of fused-ring (bicyclic) bond motifs is 2.